The summed E-state index contributed by atoms with van der Waals surface area (Å²) < 4.78 is 30.1. The zero-order chi connectivity index (χ0) is 18.4. The number of carbonyl (C=O) groups excluding carboxylic acids is 3. The molecule has 0 unspecified atom stereocenters. The van der Waals surface area contributed by atoms with Gasteiger partial charge in [-0.1, -0.05) is 41.5 Å². The first kappa shape index (κ1) is 20.3. The van der Waals surface area contributed by atoms with Crippen molar-refractivity contribution in [3.8, 4) is 0 Å². The molecule has 9 heteroatoms. The van der Waals surface area contributed by atoms with Crippen LogP contribution in [-0.2, 0) is 42.8 Å². The molecule has 9 nitrogen and oxygen atoms in total. The second kappa shape index (κ2) is 8.95. The van der Waals surface area contributed by atoms with E-state index in [0.29, 0.717) is 0 Å². The van der Waals surface area contributed by atoms with Crippen molar-refractivity contribution in [2.75, 3.05) is 0 Å². The van der Waals surface area contributed by atoms with Gasteiger partial charge >= 0.3 is 37.3 Å². The molecule has 0 bridgehead atoms. The van der Waals surface area contributed by atoms with Crippen LogP contribution in [0.3, 0.4) is 0 Å². The third-order valence-corrected chi connectivity index (χ3v) is 2.72. The fourth-order valence-electron chi connectivity index (χ4n) is 1.23. The molecule has 0 atom stereocenters. The molecular weight excluding hydrogens is 324 g/mol. The molecular formula is C15H24O9. The zero-order valence-electron chi connectivity index (χ0n) is 14.6. The van der Waals surface area contributed by atoms with Gasteiger partial charge in [0, 0.05) is 0 Å². The van der Waals surface area contributed by atoms with E-state index in [4.69, 9.17) is 28.4 Å². The second-order valence-electron chi connectivity index (χ2n) is 6.05. The molecule has 0 N–H and O–H groups in total. The molecule has 0 aromatic rings. The van der Waals surface area contributed by atoms with Gasteiger partial charge in [0.1, 0.15) is 0 Å². The SMILES string of the molecule is CC(C)C(=O)OC1OC(OC(=O)C(C)C)OC(OC(=O)C(C)C)O1. The Morgan fingerprint density at radius 2 is 0.792 bits per heavy atom. The molecule has 24 heavy (non-hydrogen) atoms. The van der Waals surface area contributed by atoms with Crippen LogP contribution in [0.4, 0.5) is 0 Å². The largest absolute Gasteiger partial charge is 0.410 e. The Labute approximate surface area is 140 Å². The molecule has 0 aromatic heterocycles. The van der Waals surface area contributed by atoms with Crippen molar-refractivity contribution in [1.29, 1.82) is 0 Å². The molecule has 138 valence electrons. The Hall–Kier alpha value is -1.71. The Morgan fingerprint density at radius 1 is 0.583 bits per heavy atom. The molecule has 1 saturated heterocycles. The summed E-state index contributed by atoms with van der Waals surface area (Å²) in [5.41, 5.74) is 0. The number of hydrogen-bond donors (Lipinski definition) is 0. The van der Waals surface area contributed by atoms with Crippen LogP contribution < -0.4 is 0 Å². The quantitative estimate of drug-likeness (QED) is 0.521. The van der Waals surface area contributed by atoms with Crippen LogP contribution >= 0.6 is 0 Å². The van der Waals surface area contributed by atoms with E-state index in [9.17, 15) is 14.4 Å². The summed E-state index contributed by atoms with van der Waals surface area (Å²) in [7, 11) is 0. The predicted octanol–water partition coefficient (Wildman–Crippen LogP) is 1.50. The minimum Gasteiger partial charge on any atom is -0.410 e. The van der Waals surface area contributed by atoms with Crippen molar-refractivity contribution < 1.29 is 42.8 Å². The molecule has 0 saturated carbocycles. The van der Waals surface area contributed by atoms with Gasteiger partial charge in [0.2, 0.25) is 0 Å². The maximum Gasteiger partial charge on any atom is 0.327 e. The van der Waals surface area contributed by atoms with Crippen LogP contribution in [0.5, 0.6) is 0 Å². The Balaban J connectivity index is 2.75. The number of ether oxygens (including phenoxy) is 6. The minimum absolute atomic E-state index is 0.437. The Morgan fingerprint density at radius 3 is 0.958 bits per heavy atom. The number of rotatable bonds is 6. The van der Waals surface area contributed by atoms with Crippen molar-refractivity contribution in [1.82, 2.24) is 0 Å². The van der Waals surface area contributed by atoms with Crippen molar-refractivity contribution in [3.05, 3.63) is 0 Å². The van der Waals surface area contributed by atoms with Gasteiger partial charge in [0.05, 0.1) is 17.8 Å². The molecule has 1 aliphatic heterocycles. The summed E-state index contributed by atoms with van der Waals surface area (Å²) >= 11 is 0. The van der Waals surface area contributed by atoms with Crippen LogP contribution in [0.15, 0.2) is 0 Å². The van der Waals surface area contributed by atoms with Gasteiger partial charge in [-0.05, 0) is 0 Å². The van der Waals surface area contributed by atoms with Gasteiger partial charge in [-0.25, -0.2) is 0 Å². The highest BCUT2D eigenvalue weighted by Gasteiger charge is 2.38. The van der Waals surface area contributed by atoms with E-state index in [1.165, 1.54) is 0 Å². The fraction of sp³-hybridized carbons (Fsp3) is 0.800. The smallest absolute Gasteiger partial charge is 0.327 e. The molecule has 0 radical (unpaired) electrons. The lowest BCUT2D eigenvalue weighted by Gasteiger charge is -2.33. The maximum absolute atomic E-state index is 11.6. The minimum atomic E-state index is -1.54. The van der Waals surface area contributed by atoms with Crippen LogP contribution in [0.2, 0.25) is 0 Å². The van der Waals surface area contributed by atoms with Gasteiger partial charge in [0.25, 0.3) is 0 Å². The third-order valence-electron chi connectivity index (χ3n) is 2.72. The summed E-state index contributed by atoms with van der Waals surface area (Å²) in [6, 6.07) is 0. The van der Waals surface area contributed by atoms with Gasteiger partial charge in [0.15, 0.2) is 0 Å². The van der Waals surface area contributed by atoms with Crippen molar-refractivity contribution in [2.45, 2.75) is 61.0 Å². The van der Waals surface area contributed by atoms with E-state index in [1.54, 1.807) is 41.5 Å². The van der Waals surface area contributed by atoms with Crippen LogP contribution in [0.25, 0.3) is 0 Å². The van der Waals surface area contributed by atoms with E-state index >= 15 is 0 Å². The average Bonchev–Trinajstić information content (AvgIpc) is 2.46. The number of hydrogen-bond acceptors (Lipinski definition) is 9. The number of carbonyl (C=O) groups is 3. The molecule has 1 heterocycles. The molecule has 0 aliphatic carbocycles. The Kier molecular flexibility index (Phi) is 7.59. The van der Waals surface area contributed by atoms with E-state index in [1.807, 2.05) is 0 Å². The number of esters is 3. The first-order valence-electron chi connectivity index (χ1n) is 7.68. The van der Waals surface area contributed by atoms with Crippen LogP contribution in [-0.4, -0.2) is 37.3 Å². The maximum atomic E-state index is 11.6. The van der Waals surface area contributed by atoms with Crippen molar-refractivity contribution in [3.63, 3.8) is 0 Å². The van der Waals surface area contributed by atoms with Crippen molar-refractivity contribution >= 4 is 17.9 Å². The zero-order valence-corrected chi connectivity index (χ0v) is 14.6. The normalized spacial score (nSPS) is 24.1. The van der Waals surface area contributed by atoms with E-state index < -0.39 is 55.1 Å². The molecule has 1 aliphatic rings. The molecule has 0 amide bonds. The monoisotopic (exact) mass is 348 g/mol. The van der Waals surface area contributed by atoms with Gasteiger partial charge < -0.3 is 14.2 Å². The lowest BCUT2D eigenvalue weighted by Crippen LogP contribution is -2.47. The first-order chi connectivity index (χ1) is 11.1. The molecule has 0 spiro atoms. The summed E-state index contributed by atoms with van der Waals surface area (Å²) in [6.07, 6.45) is 0. The van der Waals surface area contributed by atoms with Crippen LogP contribution in [0, 0.1) is 17.8 Å². The summed E-state index contributed by atoms with van der Waals surface area (Å²) in [4.78, 5) is 34.9. The van der Waals surface area contributed by atoms with Crippen LogP contribution in [0.1, 0.15) is 41.5 Å². The third kappa shape index (κ3) is 6.42. The first-order valence-corrected chi connectivity index (χ1v) is 7.68. The van der Waals surface area contributed by atoms with E-state index in [0.717, 1.165) is 0 Å². The van der Waals surface area contributed by atoms with E-state index in [2.05, 4.69) is 0 Å². The summed E-state index contributed by atoms with van der Waals surface area (Å²) in [5.74, 6) is -3.13. The van der Waals surface area contributed by atoms with Crippen molar-refractivity contribution in [2.24, 2.45) is 17.8 Å². The highest BCUT2D eigenvalue weighted by molar-refractivity contribution is 5.72. The highest BCUT2D eigenvalue weighted by Crippen LogP contribution is 2.21. The molecule has 1 fully saturated rings. The summed E-state index contributed by atoms with van der Waals surface area (Å²) in [5, 5.41) is 0. The lowest BCUT2D eigenvalue weighted by molar-refractivity contribution is -0.510. The Bertz CT molecular complexity index is 385. The predicted molar refractivity (Wildman–Crippen MR) is 77.4 cm³/mol. The van der Waals surface area contributed by atoms with Gasteiger partial charge in [-0.2, -0.15) is 0 Å². The molecule has 1 rings (SSSR count). The average molecular weight is 348 g/mol. The van der Waals surface area contributed by atoms with Gasteiger partial charge in [-0.15, -0.1) is 0 Å². The summed E-state index contributed by atoms with van der Waals surface area (Å²) in [6.45, 7) is 5.10. The lowest BCUT2D eigenvalue weighted by atomic mass is 10.2. The fourth-order valence-corrected chi connectivity index (χ4v) is 1.23. The second-order valence-corrected chi connectivity index (χ2v) is 6.05. The molecule has 0 aromatic carbocycles. The van der Waals surface area contributed by atoms with Gasteiger partial charge in [-0.3, -0.25) is 28.6 Å². The highest BCUT2D eigenvalue weighted by atomic mass is 17.1. The topological polar surface area (TPSA) is 107 Å². The standard InChI is InChI=1S/C15H24O9/c1-7(2)10(16)19-13-22-14(20-11(17)8(3)4)24-15(23-13)21-12(18)9(5)6/h7-9,13-15H,1-6H3. The van der Waals surface area contributed by atoms with E-state index in [-0.39, 0.29) is 0 Å².